The number of carbonyl (C=O) groups is 1. The lowest BCUT2D eigenvalue weighted by Crippen LogP contribution is -2.52. The number of hydrogen-bond acceptors (Lipinski definition) is 20. The van der Waals surface area contributed by atoms with Gasteiger partial charge in [0, 0.05) is 18.0 Å². The Kier molecular flexibility index (Phi) is 30.4. The maximum absolute atomic E-state index is 13.2. The molecule has 1 aliphatic heterocycles. The Balaban J connectivity index is 1.22. The fraction of sp³-hybridized carbons (Fsp3) is 0.870. The molecule has 72 heavy (non-hydrogen) atoms. The molecule has 3 rings (SSSR count). The maximum atomic E-state index is 13.2. The molecule has 1 amide bonds. The van der Waals surface area contributed by atoms with E-state index >= 15 is 0 Å². The summed E-state index contributed by atoms with van der Waals surface area (Å²) in [7, 11) is -4.58. The Hall–Kier alpha value is -3.00. The van der Waals surface area contributed by atoms with Gasteiger partial charge in [0.15, 0.2) is 34.3 Å². The Morgan fingerprint density at radius 3 is 1.57 bits per heavy atom. The lowest BCUT2D eigenvalue weighted by Gasteiger charge is -2.41. The minimum absolute atomic E-state index is 0.0195. The van der Waals surface area contributed by atoms with Gasteiger partial charge in [0.2, 0.25) is 5.91 Å². The Labute approximate surface area is 428 Å². The molecule has 4 atom stereocenters. The maximum Gasteiger partial charge on any atom is 0.246 e. The van der Waals surface area contributed by atoms with Crippen LogP contribution in [-0.2, 0) is 70.5 Å². The largest absolute Gasteiger partial charge is 0.414 e. The minimum atomic E-state index is -2.40. The molecule has 0 radical (unpaired) electrons. The molecule has 1 saturated heterocycles. The fourth-order valence-electron chi connectivity index (χ4n) is 6.18. The average Bonchev–Trinajstić information content (AvgIpc) is 3.90. The van der Waals surface area contributed by atoms with E-state index in [0.717, 1.165) is 0 Å². The third-order valence-corrected chi connectivity index (χ3v) is 21.3. The normalized spacial score (nSPS) is 17.8. The number of ether oxygens (including phenoxy) is 12. The topological polar surface area (TPSA) is 277 Å². The summed E-state index contributed by atoms with van der Waals surface area (Å²) in [5.41, 5.74) is 15.3. The van der Waals surface area contributed by atoms with E-state index in [4.69, 9.17) is 77.0 Å². The van der Waals surface area contributed by atoms with Gasteiger partial charge < -0.3 is 76.7 Å². The Bertz CT molecular complexity index is 1820. The Morgan fingerprint density at radius 1 is 0.681 bits per heavy atom. The summed E-state index contributed by atoms with van der Waals surface area (Å²) in [5.74, 6) is -0.0576. The highest BCUT2D eigenvalue weighted by Gasteiger charge is 2.53. The van der Waals surface area contributed by atoms with Gasteiger partial charge in [0.25, 0.3) is 0 Å². The van der Waals surface area contributed by atoms with Crippen molar-refractivity contribution in [1.82, 2.24) is 24.8 Å². The van der Waals surface area contributed by atoms with Gasteiger partial charge in [0.05, 0.1) is 145 Å². The molecule has 0 aromatic carbocycles. The zero-order chi connectivity index (χ0) is 52.7. The monoisotopic (exact) mass is 1060 g/mol. The molecule has 3 heterocycles. The predicted molar refractivity (Wildman–Crippen MR) is 274 cm³/mol. The van der Waals surface area contributed by atoms with E-state index in [1.807, 2.05) is 0 Å². The van der Waals surface area contributed by atoms with Crippen LogP contribution >= 0.6 is 0 Å². The van der Waals surface area contributed by atoms with Gasteiger partial charge in [-0.05, 0) is 41.8 Å². The number of carbonyl (C=O) groups excluding carboxylic acids is 1. The van der Waals surface area contributed by atoms with Crippen molar-refractivity contribution in [2.75, 3.05) is 164 Å². The summed E-state index contributed by atoms with van der Waals surface area (Å²) in [6.45, 7) is 31.3. The molecule has 0 spiro atoms. The summed E-state index contributed by atoms with van der Waals surface area (Å²) in [6, 6.07) is 0. The van der Waals surface area contributed by atoms with Gasteiger partial charge in [-0.25, -0.2) is 15.0 Å². The molecular weight excluding hydrogens is 975 g/mol. The van der Waals surface area contributed by atoms with Crippen molar-refractivity contribution in [3.05, 3.63) is 23.1 Å². The second kappa shape index (κ2) is 34.5. The molecule has 0 aliphatic carbocycles. The molecule has 414 valence electrons. The molecule has 1 aliphatic rings. The molecule has 1 fully saturated rings. The number of hydrogen-bond donors (Lipinski definition) is 2. The first-order valence-corrected chi connectivity index (χ1v) is 30.8. The average molecular weight is 1060 g/mol. The van der Waals surface area contributed by atoms with E-state index in [1.165, 1.54) is 6.33 Å². The third kappa shape index (κ3) is 24.1. The summed E-state index contributed by atoms with van der Waals surface area (Å²) < 4.78 is 83.9. The van der Waals surface area contributed by atoms with Crippen LogP contribution in [-0.4, -0.2) is 219 Å². The van der Waals surface area contributed by atoms with E-state index in [9.17, 15) is 4.79 Å². The number of aromatic nitrogens is 4. The lowest BCUT2D eigenvalue weighted by molar-refractivity contribution is -0.132. The van der Waals surface area contributed by atoms with Gasteiger partial charge in [-0.1, -0.05) is 46.7 Å². The number of azide groups is 1. The first-order valence-electron chi connectivity index (χ1n) is 25.0. The summed E-state index contributed by atoms with van der Waals surface area (Å²) in [5, 5.41) is 6.14. The number of nitrogens with one attached hydrogen (secondary N) is 1. The van der Waals surface area contributed by atoms with Gasteiger partial charge in [-0.3, -0.25) is 9.36 Å². The molecule has 2 aromatic rings. The molecule has 0 unspecified atom stereocenters. The SMILES string of the molecule is CC(C)(C)[Si](C)(C)OC[C@H]1O[C@@H](n2cnc3c(N)ncnc32)[C@H](OCC(=O)NCCOCCOCCOCCOCCOCCOCCOCCOCCOCCOCCN=[N+]=[N-])[C@@H]1O[Si](C)(C)C(C)(C)C. The van der Waals surface area contributed by atoms with Crippen LogP contribution in [0.1, 0.15) is 47.8 Å². The van der Waals surface area contributed by atoms with E-state index < -0.39 is 41.2 Å². The van der Waals surface area contributed by atoms with Crippen molar-refractivity contribution >= 4 is 39.5 Å². The molecule has 0 saturated carbocycles. The van der Waals surface area contributed by atoms with Crippen molar-refractivity contribution in [2.24, 2.45) is 5.11 Å². The van der Waals surface area contributed by atoms with Crippen molar-refractivity contribution in [2.45, 2.75) is 102 Å². The molecule has 0 bridgehead atoms. The van der Waals surface area contributed by atoms with E-state index in [-0.39, 0.29) is 28.4 Å². The number of imidazole rings is 1. The van der Waals surface area contributed by atoms with E-state index in [1.54, 1.807) is 10.9 Å². The molecule has 3 N–H and O–H groups in total. The highest BCUT2D eigenvalue weighted by Crippen LogP contribution is 2.44. The van der Waals surface area contributed by atoms with Crippen molar-refractivity contribution < 1.29 is 70.5 Å². The lowest BCUT2D eigenvalue weighted by atomic mass is 10.1. The van der Waals surface area contributed by atoms with E-state index in [2.05, 4.69) is 98.0 Å². The van der Waals surface area contributed by atoms with Crippen LogP contribution in [0.3, 0.4) is 0 Å². The van der Waals surface area contributed by atoms with Gasteiger partial charge in [0.1, 0.15) is 36.8 Å². The van der Waals surface area contributed by atoms with Gasteiger partial charge in [-0.2, -0.15) is 0 Å². The smallest absolute Gasteiger partial charge is 0.246 e. The number of fused-ring (bicyclic) bond motifs is 1. The van der Waals surface area contributed by atoms with Gasteiger partial charge >= 0.3 is 0 Å². The molecule has 26 heteroatoms. The van der Waals surface area contributed by atoms with Crippen molar-refractivity contribution in [1.29, 1.82) is 0 Å². The predicted octanol–water partition coefficient (Wildman–Crippen LogP) is 4.70. The van der Waals surface area contributed by atoms with Crippen LogP contribution in [0.15, 0.2) is 17.8 Å². The number of nitrogens with zero attached hydrogens (tertiary/aromatic N) is 7. The first kappa shape index (κ1) is 63.3. The van der Waals surface area contributed by atoms with Crippen LogP contribution in [0.5, 0.6) is 0 Å². The highest BCUT2D eigenvalue weighted by molar-refractivity contribution is 6.74. The second-order valence-electron chi connectivity index (χ2n) is 19.8. The summed E-state index contributed by atoms with van der Waals surface area (Å²) in [4.78, 5) is 28.9. The zero-order valence-electron chi connectivity index (χ0n) is 44.8. The summed E-state index contributed by atoms with van der Waals surface area (Å²) in [6.07, 6.45) is 0.464. The molecule has 2 aromatic heterocycles. The standard InChI is InChI=1S/C46H87N9O15Si2/c1-45(2,3)71(7,8)68-33-37-40(70-72(9,10)46(4,5)6)41(44(69-37)55-36-52-39-42(47)50-35-51-43(39)55)67-34-38(56)49-11-13-57-15-17-59-19-21-61-23-25-63-27-29-65-31-32-66-30-28-64-26-24-62-22-20-60-18-16-58-14-12-53-54-48/h35-37,40-41,44H,11-34H2,1-10H3,(H,49,56)(H2,47,50,51)/t37-,40-,41-,44-/m1/s1. The van der Waals surface area contributed by atoms with Crippen molar-refractivity contribution in [3.8, 4) is 0 Å². The number of rotatable bonds is 42. The zero-order valence-corrected chi connectivity index (χ0v) is 46.8. The number of nitrogens with two attached hydrogens (primary N) is 1. The van der Waals surface area contributed by atoms with E-state index in [0.29, 0.717) is 163 Å². The van der Waals surface area contributed by atoms with Crippen LogP contribution in [0.25, 0.3) is 21.6 Å². The fourth-order valence-corrected chi connectivity index (χ4v) is 8.52. The van der Waals surface area contributed by atoms with Crippen LogP contribution < -0.4 is 11.1 Å². The molecule has 24 nitrogen and oxygen atoms in total. The van der Waals surface area contributed by atoms with Crippen LogP contribution in [0, 0.1) is 0 Å². The minimum Gasteiger partial charge on any atom is -0.414 e. The van der Waals surface area contributed by atoms with Gasteiger partial charge in [-0.15, -0.1) is 0 Å². The Morgan fingerprint density at radius 2 is 1.12 bits per heavy atom. The first-order chi connectivity index (χ1) is 34.4. The third-order valence-electron chi connectivity index (χ3n) is 12.3. The van der Waals surface area contributed by atoms with Crippen LogP contribution in [0.2, 0.25) is 36.3 Å². The second-order valence-corrected chi connectivity index (χ2v) is 29.3. The number of anilines is 1. The highest BCUT2D eigenvalue weighted by atomic mass is 28.4. The van der Waals surface area contributed by atoms with Crippen LogP contribution in [0.4, 0.5) is 5.82 Å². The number of nitrogen functional groups attached to an aromatic ring is 1. The number of amides is 1. The van der Waals surface area contributed by atoms with Crippen molar-refractivity contribution in [3.63, 3.8) is 0 Å². The molecular formula is C46H87N9O15Si2. The quantitative estimate of drug-likeness (QED) is 0.0300. The summed E-state index contributed by atoms with van der Waals surface area (Å²) >= 11 is 0.